The van der Waals surface area contributed by atoms with Gasteiger partial charge in [0.05, 0.1) is 5.69 Å². The van der Waals surface area contributed by atoms with Crippen molar-refractivity contribution in [3.63, 3.8) is 0 Å². The second kappa shape index (κ2) is 4.95. The van der Waals surface area contributed by atoms with Gasteiger partial charge in [-0.3, -0.25) is 9.36 Å². The molecule has 0 radical (unpaired) electrons. The molecule has 2 aliphatic carbocycles. The van der Waals surface area contributed by atoms with Gasteiger partial charge in [0, 0.05) is 22.6 Å². The molecule has 4 nitrogen and oxygen atoms in total. The van der Waals surface area contributed by atoms with Crippen molar-refractivity contribution in [2.24, 2.45) is 0 Å². The van der Waals surface area contributed by atoms with Crippen LogP contribution in [0.1, 0.15) is 56.7 Å². The van der Waals surface area contributed by atoms with Crippen LogP contribution in [0.25, 0.3) is 11.3 Å². The lowest BCUT2D eigenvalue weighted by Gasteiger charge is -2.33. The number of hydrogen-bond donors (Lipinski definition) is 1. The van der Waals surface area contributed by atoms with E-state index in [2.05, 4.69) is 24.9 Å². The third kappa shape index (κ3) is 2.12. The summed E-state index contributed by atoms with van der Waals surface area (Å²) >= 11 is 0. The summed E-state index contributed by atoms with van der Waals surface area (Å²) in [6, 6.07) is 8.11. The Balaban J connectivity index is 2.04. The second-order valence-corrected chi connectivity index (χ2v) is 7.51. The molecule has 1 aromatic heterocycles. The molecule has 4 heteroatoms. The van der Waals surface area contributed by atoms with Crippen LogP contribution < -0.4 is 11.2 Å². The fourth-order valence-corrected chi connectivity index (χ4v) is 4.36. The molecule has 1 aromatic carbocycles. The van der Waals surface area contributed by atoms with Crippen LogP contribution in [0.2, 0.25) is 0 Å². The zero-order valence-electron chi connectivity index (χ0n) is 13.7. The Hall–Kier alpha value is -2.10. The summed E-state index contributed by atoms with van der Waals surface area (Å²) in [7, 11) is 0. The molecule has 0 saturated heterocycles. The van der Waals surface area contributed by atoms with Crippen molar-refractivity contribution in [3.05, 3.63) is 56.2 Å². The van der Waals surface area contributed by atoms with E-state index in [0.717, 1.165) is 48.9 Å². The van der Waals surface area contributed by atoms with Crippen LogP contribution in [0.3, 0.4) is 0 Å². The molecule has 0 atom stereocenters. The van der Waals surface area contributed by atoms with Crippen molar-refractivity contribution in [1.82, 2.24) is 9.55 Å². The third-order valence-corrected chi connectivity index (χ3v) is 5.42. The van der Waals surface area contributed by atoms with E-state index in [4.69, 9.17) is 0 Å². The van der Waals surface area contributed by atoms with Gasteiger partial charge in [-0.05, 0) is 24.8 Å². The summed E-state index contributed by atoms with van der Waals surface area (Å²) < 4.78 is 1.49. The SMILES string of the molecule is CC1(C)Cc2ccccc2-c2[nH]c(=O)n(C3CCCC3)c(=O)c21. The van der Waals surface area contributed by atoms with Crippen molar-refractivity contribution in [2.75, 3.05) is 0 Å². The van der Waals surface area contributed by atoms with Crippen molar-refractivity contribution < 1.29 is 0 Å². The highest BCUT2D eigenvalue weighted by Gasteiger charge is 2.36. The summed E-state index contributed by atoms with van der Waals surface area (Å²) in [6.45, 7) is 4.20. The lowest BCUT2D eigenvalue weighted by Crippen LogP contribution is -2.45. The minimum absolute atomic E-state index is 0.0597. The Bertz CT molecular complexity index is 883. The highest BCUT2D eigenvalue weighted by molar-refractivity contribution is 5.71. The van der Waals surface area contributed by atoms with E-state index in [1.165, 1.54) is 10.1 Å². The molecule has 23 heavy (non-hydrogen) atoms. The van der Waals surface area contributed by atoms with Gasteiger partial charge in [-0.25, -0.2) is 4.79 Å². The van der Waals surface area contributed by atoms with Gasteiger partial charge in [0.2, 0.25) is 0 Å². The van der Waals surface area contributed by atoms with E-state index in [0.29, 0.717) is 0 Å². The number of benzene rings is 1. The Morgan fingerprint density at radius 2 is 1.83 bits per heavy atom. The summed E-state index contributed by atoms with van der Waals surface area (Å²) in [4.78, 5) is 28.9. The quantitative estimate of drug-likeness (QED) is 0.879. The lowest BCUT2D eigenvalue weighted by molar-refractivity contribution is 0.447. The lowest BCUT2D eigenvalue weighted by atomic mass is 9.72. The molecule has 0 amide bonds. The van der Waals surface area contributed by atoms with Gasteiger partial charge in [-0.2, -0.15) is 0 Å². The van der Waals surface area contributed by atoms with E-state index in [1.807, 2.05) is 18.2 Å². The summed E-state index contributed by atoms with van der Waals surface area (Å²) in [6.07, 6.45) is 4.87. The predicted octanol–water partition coefficient (Wildman–Crippen LogP) is 3.15. The standard InChI is InChI=1S/C19H22N2O2/c1-19(2)11-12-7-3-6-10-14(12)16-15(19)17(22)21(18(23)20-16)13-8-4-5-9-13/h3,6-7,10,13H,4-5,8-9,11H2,1-2H3,(H,20,23). The fourth-order valence-electron chi connectivity index (χ4n) is 4.36. The summed E-state index contributed by atoms with van der Waals surface area (Å²) in [5.41, 5.74) is 3.06. The maximum absolute atomic E-state index is 13.2. The van der Waals surface area contributed by atoms with Crippen molar-refractivity contribution >= 4 is 0 Å². The first kappa shape index (κ1) is 14.5. The normalized spacial score (nSPS) is 19.4. The van der Waals surface area contributed by atoms with Crippen LogP contribution in [-0.2, 0) is 11.8 Å². The average Bonchev–Trinajstić information content (AvgIpc) is 2.99. The van der Waals surface area contributed by atoms with E-state index in [9.17, 15) is 9.59 Å². The Kier molecular flexibility index (Phi) is 3.12. The Morgan fingerprint density at radius 1 is 1.13 bits per heavy atom. The van der Waals surface area contributed by atoms with E-state index in [1.54, 1.807) is 0 Å². The first-order chi connectivity index (χ1) is 11.0. The van der Waals surface area contributed by atoms with Gasteiger partial charge < -0.3 is 4.98 Å². The zero-order chi connectivity index (χ0) is 16.2. The Morgan fingerprint density at radius 3 is 2.57 bits per heavy atom. The van der Waals surface area contributed by atoms with Crippen LogP contribution >= 0.6 is 0 Å². The molecule has 4 rings (SSSR count). The molecular formula is C19H22N2O2. The monoisotopic (exact) mass is 310 g/mol. The molecule has 1 N–H and O–H groups in total. The molecule has 1 heterocycles. The van der Waals surface area contributed by atoms with E-state index in [-0.39, 0.29) is 22.7 Å². The van der Waals surface area contributed by atoms with Gasteiger partial charge in [-0.1, -0.05) is 51.0 Å². The number of nitrogens with one attached hydrogen (secondary N) is 1. The second-order valence-electron chi connectivity index (χ2n) is 7.51. The number of hydrogen-bond acceptors (Lipinski definition) is 2. The number of fused-ring (bicyclic) bond motifs is 3. The van der Waals surface area contributed by atoms with E-state index >= 15 is 0 Å². The molecule has 2 aromatic rings. The molecule has 2 aliphatic rings. The minimum atomic E-state index is -0.272. The van der Waals surface area contributed by atoms with Crippen molar-refractivity contribution in [3.8, 4) is 11.3 Å². The summed E-state index contributed by atoms with van der Waals surface area (Å²) in [5.74, 6) is 0. The molecular weight excluding hydrogens is 288 g/mol. The maximum atomic E-state index is 13.2. The molecule has 1 saturated carbocycles. The number of H-pyrrole nitrogens is 1. The number of aromatic amines is 1. The fraction of sp³-hybridized carbons (Fsp3) is 0.474. The van der Waals surface area contributed by atoms with Gasteiger partial charge in [-0.15, -0.1) is 0 Å². The van der Waals surface area contributed by atoms with Crippen LogP contribution in [0.5, 0.6) is 0 Å². The third-order valence-electron chi connectivity index (χ3n) is 5.42. The largest absolute Gasteiger partial charge is 0.329 e. The maximum Gasteiger partial charge on any atom is 0.329 e. The van der Waals surface area contributed by atoms with Crippen LogP contribution in [0, 0.1) is 0 Å². The van der Waals surface area contributed by atoms with Gasteiger partial charge in [0.15, 0.2) is 0 Å². The Labute approximate surface area is 135 Å². The number of nitrogens with zero attached hydrogens (tertiary/aromatic N) is 1. The van der Waals surface area contributed by atoms with Crippen LogP contribution in [-0.4, -0.2) is 9.55 Å². The molecule has 0 spiro atoms. The first-order valence-corrected chi connectivity index (χ1v) is 8.46. The van der Waals surface area contributed by atoms with E-state index < -0.39 is 0 Å². The van der Waals surface area contributed by atoms with Crippen LogP contribution in [0.15, 0.2) is 33.9 Å². The predicted molar refractivity (Wildman–Crippen MR) is 91.0 cm³/mol. The van der Waals surface area contributed by atoms with Gasteiger partial charge >= 0.3 is 5.69 Å². The molecule has 0 aliphatic heterocycles. The van der Waals surface area contributed by atoms with Crippen molar-refractivity contribution in [2.45, 2.75) is 57.4 Å². The first-order valence-electron chi connectivity index (χ1n) is 8.46. The van der Waals surface area contributed by atoms with Crippen LogP contribution in [0.4, 0.5) is 0 Å². The molecule has 0 bridgehead atoms. The summed E-state index contributed by atoms with van der Waals surface area (Å²) in [5, 5.41) is 0. The number of aromatic nitrogens is 2. The van der Waals surface area contributed by atoms with Crippen molar-refractivity contribution in [1.29, 1.82) is 0 Å². The smallest absolute Gasteiger partial charge is 0.306 e. The molecule has 0 unspecified atom stereocenters. The van der Waals surface area contributed by atoms with Gasteiger partial charge in [0.1, 0.15) is 0 Å². The van der Waals surface area contributed by atoms with Gasteiger partial charge in [0.25, 0.3) is 5.56 Å². The average molecular weight is 310 g/mol. The minimum Gasteiger partial charge on any atom is -0.306 e. The molecule has 120 valence electrons. The topological polar surface area (TPSA) is 54.9 Å². The zero-order valence-corrected chi connectivity index (χ0v) is 13.7. The number of rotatable bonds is 1. The molecule has 1 fully saturated rings. The highest BCUT2D eigenvalue weighted by atomic mass is 16.2. The highest BCUT2D eigenvalue weighted by Crippen LogP contribution is 2.40.